The zero-order chi connectivity index (χ0) is 15.1. The van der Waals surface area contributed by atoms with Crippen molar-refractivity contribution in [3.63, 3.8) is 0 Å². The molecule has 0 aliphatic rings. The second kappa shape index (κ2) is 7.94. The fraction of sp³-hybridized carbons (Fsp3) is 0.333. The van der Waals surface area contributed by atoms with Gasteiger partial charge in [0, 0.05) is 11.6 Å². The Bertz CT molecular complexity index is 581. The van der Waals surface area contributed by atoms with E-state index in [9.17, 15) is 0 Å². The van der Waals surface area contributed by atoms with Gasteiger partial charge in [0.15, 0.2) is 0 Å². The van der Waals surface area contributed by atoms with Gasteiger partial charge in [-0.3, -0.25) is 0 Å². The summed E-state index contributed by atoms with van der Waals surface area (Å²) in [5.41, 5.74) is 3.36. The minimum Gasteiger partial charge on any atom is -0.493 e. The van der Waals surface area contributed by atoms with Crippen molar-refractivity contribution in [2.24, 2.45) is 0 Å². The molecular formula is C18H21ClO2. The molecule has 3 heteroatoms. The van der Waals surface area contributed by atoms with Crippen LogP contribution in [0.2, 0.25) is 0 Å². The standard InChI is InChI=1S/C18H21ClO2/c1-3-9-20-17-8-7-16(12-19)18(11-17)21-13-15-6-4-5-14(2)10-15/h4-8,10-11H,3,9,12-13H2,1-2H3. The molecule has 0 atom stereocenters. The van der Waals surface area contributed by atoms with Crippen molar-refractivity contribution in [2.75, 3.05) is 6.61 Å². The van der Waals surface area contributed by atoms with E-state index in [1.807, 2.05) is 24.3 Å². The Labute approximate surface area is 131 Å². The molecular weight excluding hydrogens is 284 g/mol. The van der Waals surface area contributed by atoms with Crippen LogP contribution in [0.5, 0.6) is 11.5 Å². The molecule has 2 rings (SSSR count). The molecule has 2 aromatic rings. The quantitative estimate of drug-likeness (QED) is 0.662. The van der Waals surface area contributed by atoms with Gasteiger partial charge < -0.3 is 9.47 Å². The molecule has 0 amide bonds. The molecule has 0 N–H and O–H groups in total. The molecule has 0 aliphatic carbocycles. The topological polar surface area (TPSA) is 18.5 Å². The van der Waals surface area contributed by atoms with Gasteiger partial charge in [0.05, 0.1) is 12.5 Å². The summed E-state index contributed by atoms with van der Waals surface area (Å²) in [5, 5.41) is 0. The monoisotopic (exact) mass is 304 g/mol. The van der Waals surface area contributed by atoms with Gasteiger partial charge in [-0.15, -0.1) is 11.6 Å². The van der Waals surface area contributed by atoms with Gasteiger partial charge in [-0.05, 0) is 25.0 Å². The molecule has 112 valence electrons. The maximum atomic E-state index is 5.97. The van der Waals surface area contributed by atoms with Crippen LogP contribution < -0.4 is 9.47 Å². The molecule has 0 aromatic heterocycles. The van der Waals surface area contributed by atoms with Crippen molar-refractivity contribution in [2.45, 2.75) is 32.8 Å². The van der Waals surface area contributed by atoms with Crippen LogP contribution in [0.25, 0.3) is 0 Å². The summed E-state index contributed by atoms with van der Waals surface area (Å²) in [5.74, 6) is 2.04. The highest BCUT2D eigenvalue weighted by atomic mass is 35.5. The summed E-state index contributed by atoms with van der Waals surface area (Å²) in [4.78, 5) is 0. The smallest absolute Gasteiger partial charge is 0.127 e. The first-order chi connectivity index (χ1) is 10.2. The Kier molecular flexibility index (Phi) is 5.94. The molecule has 0 aliphatic heterocycles. The summed E-state index contributed by atoms with van der Waals surface area (Å²) in [7, 11) is 0. The molecule has 2 aromatic carbocycles. The van der Waals surface area contributed by atoms with Gasteiger partial charge in [-0.25, -0.2) is 0 Å². The van der Waals surface area contributed by atoms with Crippen molar-refractivity contribution >= 4 is 11.6 Å². The Morgan fingerprint density at radius 3 is 2.62 bits per heavy atom. The van der Waals surface area contributed by atoms with E-state index in [1.165, 1.54) is 5.56 Å². The Morgan fingerprint density at radius 1 is 1.05 bits per heavy atom. The fourth-order valence-corrected chi connectivity index (χ4v) is 2.27. The molecule has 0 bridgehead atoms. The van der Waals surface area contributed by atoms with E-state index in [4.69, 9.17) is 21.1 Å². The summed E-state index contributed by atoms with van der Waals surface area (Å²) in [6, 6.07) is 14.1. The maximum Gasteiger partial charge on any atom is 0.127 e. The number of aryl methyl sites for hydroxylation is 1. The van der Waals surface area contributed by atoms with Crippen LogP contribution in [0, 0.1) is 6.92 Å². The predicted molar refractivity (Wildman–Crippen MR) is 87.3 cm³/mol. The zero-order valence-electron chi connectivity index (χ0n) is 12.6. The largest absolute Gasteiger partial charge is 0.493 e. The fourth-order valence-electron chi connectivity index (χ4n) is 2.05. The highest BCUT2D eigenvalue weighted by Gasteiger charge is 2.06. The molecule has 2 nitrogen and oxygen atoms in total. The van der Waals surface area contributed by atoms with E-state index in [0.717, 1.165) is 29.0 Å². The Balaban J connectivity index is 2.09. The number of halogens is 1. The van der Waals surface area contributed by atoms with Gasteiger partial charge in [0.25, 0.3) is 0 Å². The lowest BCUT2D eigenvalue weighted by molar-refractivity contribution is 0.293. The summed E-state index contributed by atoms with van der Waals surface area (Å²) in [6.45, 7) is 5.40. The molecule has 21 heavy (non-hydrogen) atoms. The van der Waals surface area contributed by atoms with E-state index >= 15 is 0 Å². The molecule has 0 heterocycles. The van der Waals surface area contributed by atoms with E-state index in [2.05, 4.69) is 32.0 Å². The summed E-state index contributed by atoms with van der Waals surface area (Å²) < 4.78 is 11.6. The van der Waals surface area contributed by atoms with Crippen molar-refractivity contribution in [1.82, 2.24) is 0 Å². The van der Waals surface area contributed by atoms with Crippen LogP contribution in [-0.4, -0.2) is 6.61 Å². The first-order valence-electron chi connectivity index (χ1n) is 7.23. The second-order valence-corrected chi connectivity index (χ2v) is 5.30. The zero-order valence-corrected chi connectivity index (χ0v) is 13.3. The molecule has 0 spiro atoms. The predicted octanol–water partition coefficient (Wildman–Crippen LogP) is 5.10. The summed E-state index contributed by atoms with van der Waals surface area (Å²) in [6.07, 6.45) is 0.983. The van der Waals surface area contributed by atoms with E-state index in [1.54, 1.807) is 0 Å². The third-order valence-electron chi connectivity index (χ3n) is 3.13. The first kappa shape index (κ1) is 15.7. The molecule has 0 fully saturated rings. The lowest BCUT2D eigenvalue weighted by atomic mass is 10.1. The Hall–Kier alpha value is -1.67. The number of benzene rings is 2. The van der Waals surface area contributed by atoms with Crippen LogP contribution >= 0.6 is 11.6 Å². The normalized spacial score (nSPS) is 10.4. The van der Waals surface area contributed by atoms with Crippen molar-refractivity contribution in [3.05, 3.63) is 59.2 Å². The van der Waals surface area contributed by atoms with Crippen molar-refractivity contribution in [1.29, 1.82) is 0 Å². The minimum absolute atomic E-state index is 0.428. The number of ether oxygens (including phenoxy) is 2. The van der Waals surface area contributed by atoms with Crippen LogP contribution in [-0.2, 0) is 12.5 Å². The number of hydrogen-bond acceptors (Lipinski definition) is 2. The van der Waals surface area contributed by atoms with Crippen LogP contribution in [0.15, 0.2) is 42.5 Å². The van der Waals surface area contributed by atoms with Gasteiger partial charge in [-0.2, -0.15) is 0 Å². The third-order valence-corrected chi connectivity index (χ3v) is 3.42. The highest BCUT2D eigenvalue weighted by molar-refractivity contribution is 6.17. The number of rotatable bonds is 7. The van der Waals surface area contributed by atoms with E-state index < -0.39 is 0 Å². The SMILES string of the molecule is CCCOc1ccc(CCl)c(OCc2cccc(C)c2)c1. The van der Waals surface area contributed by atoms with Crippen molar-refractivity contribution < 1.29 is 9.47 Å². The third kappa shape index (κ3) is 4.68. The lowest BCUT2D eigenvalue weighted by Gasteiger charge is -2.13. The first-order valence-corrected chi connectivity index (χ1v) is 7.76. The minimum atomic E-state index is 0.428. The Morgan fingerprint density at radius 2 is 1.90 bits per heavy atom. The van der Waals surface area contributed by atoms with Crippen LogP contribution in [0.1, 0.15) is 30.0 Å². The average Bonchev–Trinajstić information content (AvgIpc) is 2.51. The lowest BCUT2D eigenvalue weighted by Crippen LogP contribution is -2.00. The number of hydrogen-bond donors (Lipinski definition) is 0. The molecule has 0 saturated carbocycles. The van der Waals surface area contributed by atoms with E-state index in [-0.39, 0.29) is 0 Å². The van der Waals surface area contributed by atoms with Crippen LogP contribution in [0.3, 0.4) is 0 Å². The summed E-state index contributed by atoms with van der Waals surface area (Å²) >= 11 is 5.97. The van der Waals surface area contributed by atoms with Gasteiger partial charge >= 0.3 is 0 Å². The molecule has 0 saturated heterocycles. The van der Waals surface area contributed by atoms with Gasteiger partial charge in [0.1, 0.15) is 18.1 Å². The van der Waals surface area contributed by atoms with Crippen LogP contribution in [0.4, 0.5) is 0 Å². The molecule has 0 radical (unpaired) electrons. The molecule has 0 unspecified atom stereocenters. The van der Waals surface area contributed by atoms with E-state index in [0.29, 0.717) is 19.1 Å². The second-order valence-electron chi connectivity index (χ2n) is 5.03. The van der Waals surface area contributed by atoms with Gasteiger partial charge in [-0.1, -0.05) is 42.8 Å². The maximum absolute atomic E-state index is 5.97. The van der Waals surface area contributed by atoms with Gasteiger partial charge in [0.2, 0.25) is 0 Å². The highest BCUT2D eigenvalue weighted by Crippen LogP contribution is 2.27. The average molecular weight is 305 g/mol. The van der Waals surface area contributed by atoms with Crippen molar-refractivity contribution in [3.8, 4) is 11.5 Å². The number of alkyl halides is 1.